The lowest BCUT2D eigenvalue weighted by molar-refractivity contribution is -0.145. The maximum absolute atomic E-state index is 12.9. The summed E-state index contributed by atoms with van der Waals surface area (Å²) in [5.74, 6) is -0.828. The van der Waals surface area contributed by atoms with Crippen molar-refractivity contribution in [1.29, 1.82) is 0 Å². The Balaban J connectivity index is 0.00000612. The van der Waals surface area contributed by atoms with Crippen LogP contribution < -0.4 is 19.9 Å². The highest BCUT2D eigenvalue weighted by molar-refractivity contribution is 5.85. The third kappa shape index (κ3) is 10.5. The Hall–Kier alpha value is -3.57. The van der Waals surface area contributed by atoms with E-state index in [1.54, 1.807) is 13.8 Å². The zero-order chi connectivity index (χ0) is 24.9. The Kier molecular flexibility index (Phi) is 12.9. The van der Waals surface area contributed by atoms with Crippen molar-refractivity contribution < 1.29 is 47.2 Å². The van der Waals surface area contributed by atoms with Gasteiger partial charge in [-0.15, -0.1) is 12.4 Å². The lowest BCUT2D eigenvalue weighted by Gasteiger charge is -2.14. The molecule has 0 radical (unpaired) electrons. The maximum Gasteiger partial charge on any atom is 0.513 e. The summed E-state index contributed by atoms with van der Waals surface area (Å²) in [6.45, 7) is 3.37. The standard InChI is InChI=1S/C23H26FNO9.ClH/c1-3-29-22(27)33-19-10-5-15(14-20(19)34-23(28)30-4-2)13-18(25)21(26)32-12-11-31-17-8-6-16(24)7-9-17;/h5-10,14,18H,3-4,11-13,25H2,1-2H3;1H/t18-;/m0./s1. The minimum Gasteiger partial charge on any atom is -0.490 e. The number of hydrogen-bond acceptors (Lipinski definition) is 10. The van der Waals surface area contributed by atoms with Crippen LogP contribution in [0, 0.1) is 5.82 Å². The van der Waals surface area contributed by atoms with E-state index < -0.39 is 24.3 Å². The molecule has 2 N–H and O–H groups in total. The summed E-state index contributed by atoms with van der Waals surface area (Å²) in [4.78, 5) is 35.6. The molecule has 12 heteroatoms. The van der Waals surface area contributed by atoms with E-state index >= 15 is 0 Å². The van der Waals surface area contributed by atoms with Gasteiger partial charge in [-0.3, -0.25) is 4.79 Å². The summed E-state index contributed by atoms with van der Waals surface area (Å²) in [6, 6.07) is 8.67. The van der Waals surface area contributed by atoms with Crippen LogP contribution in [-0.4, -0.2) is 50.7 Å². The van der Waals surface area contributed by atoms with E-state index in [0.29, 0.717) is 11.3 Å². The number of halogens is 2. The summed E-state index contributed by atoms with van der Waals surface area (Å²) in [5.41, 5.74) is 6.42. The summed E-state index contributed by atoms with van der Waals surface area (Å²) in [5, 5.41) is 0. The first-order valence-corrected chi connectivity index (χ1v) is 10.4. The number of carbonyl (C=O) groups excluding carboxylic acids is 3. The Morgan fingerprint density at radius 3 is 2.06 bits per heavy atom. The highest BCUT2D eigenvalue weighted by Crippen LogP contribution is 2.30. The molecule has 0 spiro atoms. The van der Waals surface area contributed by atoms with Crippen molar-refractivity contribution in [2.75, 3.05) is 26.4 Å². The normalized spacial score (nSPS) is 10.9. The number of benzene rings is 2. The SMILES string of the molecule is CCOC(=O)Oc1ccc(C[C@H](N)C(=O)OCCOc2ccc(F)cc2)cc1OC(=O)OCC.Cl. The van der Waals surface area contributed by atoms with Crippen LogP contribution >= 0.6 is 12.4 Å². The predicted molar refractivity (Wildman–Crippen MR) is 124 cm³/mol. The molecule has 1 atom stereocenters. The molecule has 0 saturated carbocycles. The number of esters is 1. The minimum atomic E-state index is -1.03. The van der Waals surface area contributed by atoms with Gasteiger partial charge in [0, 0.05) is 0 Å². The van der Waals surface area contributed by atoms with E-state index in [9.17, 15) is 18.8 Å². The third-order valence-electron chi connectivity index (χ3n) is 4.09. The van der Waals surface area contributed by atoms with Gasteiger partial charge in [0.2, 0.25) is 0 Å². The van der Waals surface area contributed by atoms with Crippen LogP contribution in [0.15, 0.2) is 42.5 Å². The molecule has 0 unspecified atom stereocenters. The van der Waals surface area contributed by atoms with E-state index in [-0.39, 0.29) is 62.6 Å². The number of rotatable bonds is 11. The monoisotopic (exact) mass is 515 g/mol. The average molecular weight is 516 g/mol. The van der Waals surface area contributed by atoms with Crippen LogP contribution in [0.2, 0.25) is 0 Å². The Bertz CT molecular complexity index is 972. The third-order valence-corrected chi connectivity index (χ3v) is 4.09. The fraction of sp³-hybridized carbons (Fsp3) is 0.348. The molecule has 192 valence electrons. The van der Waals surface area contributed by atoms with Gasteiger partial charge in [0.05, 0.1) is 13.2 Å². The van der Waals surface area contributed by atoms with Gasteiger partial charge in [-0.2, -0.15) is 0 Å². The lowest BCUT2D eigenvalue weighted by Crippen LogP contribution is -2.35. The van der Waals surface area contributed by atoms with Gasteiger partial charge in [-0.1, -0.05) is 6.07 Å². The first-order valence-electron chi connectivity index (χ1n) is 10.4. The number of ether oxygens (including phenoxy) is 6. The van der Waals surface area contributed by atoms with Gasteiger partial charge in [-0.05, 0) is 62.2 Å². The van der Waals surface area contributed by atoms with E-state index in [1.165, 1.54) is 42.5 Å². The fourth-order valence-corrected chi connectivity index (χ4v) is 2.59. The molecule has 0 heterocycles. The van der Waals surface area contributed by atoms with Crippen LogP contribution in [0.3, 0.4) is 0 Å². The first kappa shape index (κ1) is 29.5. The highest BCUT2D eigenvalue weighted by atomic mass is 35.5. The van der Waals surface area contributed by atoms with Crippen molar-refractivity contribution in [2.45, 2.75) is 26.3 Å². The molecule has 0 aromatic heterocycles. The fourth-order valence-electron chi connectivity index (χ4n) is 2.59. The molecule has 0 aliphatic rings. The molecule has 0 fully saturated rings. The summed E-state index contributed by atoms with van der Waals surface area (Å²) >= 11 is 0. The number of carbonyl (C=O) groups is 3. The minimum absolute atomic E-state index is 0. The van der Waals surface area contributed by atoms with E-state index in [4.69, 9.17) is 34.2 Å². The van der Waals surface area contributed by atoms with Crippen LogP contribution in [0.25, 0.3) is 0 Å². The van der Waals surface area contributed by atoms with Crippen LogP contribution in [-0.2, 0) is 25.4 Å². The van der Waals surface area contributed by atoms with Gasteiger partial charge < -0.3 is 34.2 Å². The molecule has 0 aliphatic carbocycles. The highest BCUT2D eigenvalue weighted by Gasteiger charge is 2.20. The second-order valence-corrected chi connectivity index (χ2v) is 6.63. The van der Waals surface area contributed by atoms with Gasteiger partial charge in [0.25, 0.3) is 0 Å². The van der Waals surface area contributed by atoms with Gasteiger partial charge in [0.1, 0.15) is 30.8 Å². The van der Waals surface area contributed by atoms with Crippen LogP contribution in [0.5, 0.6) is 17.2 Å². The molecule has 2 aromatic carbocycles. The van der Waals surface area contributed by atoms with E-state index in [1.807, 2.05) is 0 Å². The van der Waals surface area contributed by atoms with Gasteiger partial charge >= 0.3 is 18.3 Å². The van der Waals surface area contributed by atoms with Crippen molar-refractivity contribution >= 4 is 30.7 Å². The van der Waals surface area contributed by atoms with Crippen LogP contribution in [0.4, 0.5) is 14.0 Å². The average Bonchev–Trinajstić information content (AvgIpc) is 2.79. The molecule has 2 aromatic rings. The zero-order valence-corrected chi connectivity index (χ0v) is 20.0. The Morgan fingerprint density at radius 1 is 0.857 bits per heavy atom. The summed E-state index contributed by atoms with van der Waals surface area (Å²) < 4.78 is 42.9. The predicted octanol–water partition coefficient (Wildman–Crippen LogP) is 3.81. The van der Waals surface area contributed by atoms with Crippen molar-refractivity contribution in [2.24, 2.45) is 5.73 Å². The van der Waals surface area contributed by atoms with Crippen molar-refractivity contribution in [3.8, 4) is 17.2 Å². The molecule has 0 amide bonds. The first-order chi connectivity index (χ1) is 16.3. The molecule has 10 nitrogen and oxygen atoms in total. The zero-order valence-electron chi connectivity index (χ0n) is 19.2. The van der Waals surface area contributed by atoms with Gasteiger partial charge in [-0.25, -0.2) is 14.0 Å². The number of nitrogens with two attached hydrogens (primary N) is 1. The molecular formula is C23H27ClFNO9. The maximum atomic E-state index is 12.9. The van der Waals surface area contributed by atoms with E-state index in [2.05, 4.69) is 0 Å². The molecule has 0 saturated heterocycles. The molecule has 0 bridgehead atoms. The van der Waals surface area contributed by atoms with Crippen LogP contribution in [0.1, 0.15) is 19.4 Å². The van der Waals surface area contributed by atoms with Gasteiger partial charge in [0.15, 0.2) is 11.5 Å². The quantitative estimate of drug-likeness (QED) is 0.204. The second-order valence-electron chi connectivity index (χ2n) is 6.63. The Labute approximate surface area is 207 Å². The number of hydrogen-bond donors (Lipinski definition) is 1. The smallest absolute Gasteiger partial charge is 0.490 e. The topological polar surface area (TPSA) is 133 Å². The second kappa shape index (κ2) is 15.4. The molecule has 0 aliphatic heterocycles. The van der Waals surface area contributed by atoms with Crippen molar-refractivity contribution in [3.63, 3.8) is 0 Å². The summed E-state index contributed by atoms with van der Waals surface area (Å²) in [7, 11) is 0. The van der Waals surface area contributed by atoms with E-state index in [0.717, 1.165) is 0 Å². The Morgan fingerprint density at radius 2 is 1.46 bits per heavy atom. The largest absolute Gasteiger partial charge is 0.513 e. The molecule has 2 rings (SSSR count). The lowest BCUT2D eigenvalue weighted by atomic mass is 10.1. The molecule has 35 heavy (non-hydrogen) atoms. The summed E-state index contributed by atoms with van der Waals surface area (Å²) in [6.07, 6.45) is -1.94. The van der Waals surface area contributed by atoms with Crippen molar-refractivity contribution in [1.82, 2.24) is 0 Å². The van der Waals surface area contributed by atoms with Crippen molar-refractivity contribution in [3.05, 3.63) is 53.8 Å². The molecular weight excluding hydrogens is 489 g/mol.